The number of fused-ring (bicyclic) bond motifs is 1. The monoisotopic (exact) mass is 524 g/mol. The molecule has 4 rings (SSSR count). The van der Waals surface area contributed by atoms with Gasteiger partial charge in [-0.1, -0.05) is 37.3 Å². The van der Waals surface area contributed by atoms with E-state index in [1.807, 2.05) is 31.5 Å². The molecule has 0 fully saturated rings. The molecule has 0 saturated heterocycles. The number of halogens is 3. The zero-order valence-electron chi connectivity index (χ0n) is 19.4. The molecule has 0 aliphatic heterocycles. The quantitative estimate of drug-likeness (QED) is 0.315. The smallest absolute Gasteiger partial charge is 0.225 e. The van der Waals surface area contributed by atoms with E-state index in [0.717, 1.165) is 40.1 Å². The number of anilines is 1. The van der Waals surface area contributed by atoms with Gasteiger partial charge in [0.05, 0.1) is 30.4 Å². The maximum Gasteiger partial charge on any atom is 0.225 e. The zero-order chi connectivity index (χ0) is 21.8. The van der Waals surface area contributed by atoms with Crippen molar-refractivity contribution in [2.45, 2.75) is 45.7 Å². The van der Waals surface area contributed by atoms with Gasteiger partial charge in [-0.3, -0.25) is 4.98 Å². The SMILES string of the molecule is CCC(CO)Nc1nc(Cc2ccc(-c3ccccn3)cc2)c2ncn(C(C)C)c2n1.Cl.Cl.Cl. The topological polar surface area (TPSA) is 88.8 Å². The summed E-state index contributed by atoms with van der Waals surface area (Å²) >= 11 is 0. The molecule has 0 amide bonds. The first-order chi connectivity index (χ1) is 15.1. The highest BCUT2D eigenvalue weighted by atomic mass is 35.5. The largest absolute Gasteiger partial charge is 0.394 e. The zero-order valence-corrected chi connectivity index (χ0v) is 21.8. The highest BCUT2D eigenvalue weighted by Crippen LogP contribution is 2.24. The Hall–Kier alpha value is -2.45. The summed E-state index contributed by atoms with van der Waals surface area (Å²) in [6, 6.07) is 14.4. The van der Waals surface area contributed by atoms with Gasteiger partial charge >= 0.3 is 0 Å². The second-order valence-corrected chi connectivity index (χ2v) is 7.93. The van der Waals surface area contributed by atoms with Crippen LogP contribution in [0.25, 0.3) is 22.4 Å². The highest BCUT2D eigenvalue weighted by Gasteiger charge is 2.17. The fraction of sp³-hybridized carbons (Fsp3) is 0.333. The summed E-state index contributed by atoms with van der Waals surface area (Å²) < 4.78 is 2.05. The maximum atomic E-state index is 9.59. The van der Waals surface area contributed by atoms with Crippen LogP contribution in [0.5, 0.6) is 0 Å². The molecule has 0 aliphatic carbocycles. The van der Waals surface area contributed by atoms with Gasteiger partial charge in [0, 0.05) is 24.2 Å². The lowest BCUT2D eigenvalue weighted by Crippen LogP contribution is -2.24. The van der Waals surface area contributed by atoms with E-state index in [2.05, 4.69) is 58.0 Å². The first-order valence-corrected chi connectivity index (χ1v) is 10.7. The third kappa shape index (κ3) is 6.57. The Balaban J connectivity index is 0.00000193. The van der Waals surface area contributed by atoms with Gasteiger partial charge < -0.3 is 15.0 Å². The van der Waals surface area contributed by atoms with Crippen LogP contribution in [0, 0.1) is 0 Å². The van der Waals surface area contributed by atoms with Crippen molar-refractivity contribution in [3.63, 3.8) is 0 Å². The fourth-order valence-corrected chi connectivity index (χ4v) is 3.52. The van der Waals surface area contributed by atoms with Crippen molar-refractivity contribution in [2.75, 3.05) is 11.9 Å². The summed E-state index contributed by atoms with van der Waals surface area (Å²) in [6.45, 7) is 6.27. The predicted octanol–water partition coefficient (Wildman–Crippen LogP) is 5.51. The number of benzene rings is 1. The summed E-state index contributed by atoms with van der Waals surface area (Å²) in [7, 11) is 0. The number of nitrogens with zero attached hydrogens (tertiary/aromatic N) is 5. The number of hydrogen-bond donors (Lipinski definition) is 2. The summed E-state index contributed by atoms with van der Waals surface area (Å²) in [4.78, 5) is 18.5. The normalized spacial score (nSPS) is 11.3. The Morgan fingerprint density at radius 3 is 2.29 bits per heavy atom. The van der Waals surface area contributed by atoms with Crippen LogP contribution in [0.3, 0.4) is 0 Å². The van der Waals surface area contributed by atoms with E-state index in [0.29, 0.717) is 12.4 Å². The molecule has 1 unspecified atom stereocenters. The number of aliphatic hydroxyl groups excluding tert-OH is 1. The lowest BCUT2D eigenvalue weighted by Gasteiger charge is -2.16. The van der Waals surface area contributed by atoms with Gasteiger partial charge in [0.2, 0.25) is 5.95 Å². The molecule has 3 heterocycles. The Kier molecular flexibility index (Phi) is 11.7. The van der Waals surface area contributed by atoms with Crippen LogP contribution in [-0.4, -0.2) is 42.3 Å². The third-order valence-corrected chi connectivity index (χ3v) is 5.38. The number of aliphatic hydroxyl groups is 1. The Bertz CT molecular complexity index is 1150. The first kappa shape index (κ1) is 29.6. The Morgan fingerprint density at radius 2 is 1.71 bits per heavy atom. The molecule has 0 bridgehead atoms. The molecule has 0 aliphatic rings. The fourth-order valence-electron chi connectivity index (χ4n) is 3.52. The van der Waals surface area contributed by atoms with Gasteiger partial charge in [-0.2, -0.15) is 4.98 Å². The van der Waals surface area contributed by atoms with Crippen molar-refractivity contribution < 1.29 is 5.11 Å². The molecule has 10 heteroatoms. The molecule has 34 heavy (non-hydrogen) atoms. The lowest BCUT2D eigenvalue weighted by molar-refractivity contribution is 0.271. The van der Waals surface area contributed by atoms with Gasteiger partial charge in [0.15, 0.2) is 5.65 Å². The molecule has 0 spiro atoms. The van der Waals surface area contributed by atoms with E-state index >= 15 is 0 Å². The molecule has 1 aromatic carbocycles. The third-order valence-electron chi connectivity index (χ3n) is 5.38. The molecule has 7 nitrogen and oxygen atoms in total. The minimum atomic E-state index is -0.0848. The Labute approximate surface area is 218 Å². The van der Waals surface area contributed by atoms with Crippen molar-refractivity contribution in [3.8, 4) is 11.3 Å². The lowest BCUT2D eigenvalue weighted by atomic mass is 10.0. The molecule has 2 N–H and O–H groups in total. The van der Waals surface area contributed by atoms with Gasteiger partial charge in [-0.25, -0.2) is 9.97 Å². The molecule has 3 aromatic heterocycles. The van der Waals surface area contributed by atoms with Crippen LogP contribution in [0.4, 0.5) is 5.95 Å². The minimum Gasteiger partial charge on any atom is -0.394 e. The van der Waals surface area contributed by atoms with Crippen molar-refractivity contribution in [3.05, 3.63) is 66.2 Å². The van der Waals surface area contributed by atoms with E-state index < -0.39 is 0 Å². The molecular formula is C24H31Cl3N6O. The number of pyridine rings is 1. The minimum absolute atomic E-state index is 0. The summed E-state index contributed by atoms with van der Waals surface area (Å²) in [5.74, 6) is 0.524. The predicted molar refractivity (Wildman–Crippen MR) is 145 cm³/mol. The van der Waals surface area contributed by atoms with E-state index in [-0.39, 0.29) is 55.9 Å². The van der Waals surface area contributed by atoms with E-state index in [9.17, 15) is 5.11 Å². The van der Waals surface area contributed by atoms with Crippen molar-refractivity contribution in [2.24, 2.45) is 0 Å². The van der Waals surface area contributed by atoms with Crippen LogP contribution in [0.1, 0.15) is 44.5 Å². The number of rotatable bonds is 8. The highest BCUT2D eigenvalue weighted by molar-refractivity contribution is 5.86. The summed E-state index contributed by atoms with van der Waals surface area (Å²) in [5.41, 5.74) is 5.65. The van der Waals surface area contributed by atoms with Gasteiger partial charge in [0.25, 0.3) is 0 Å². The second-order valence-electron chi connectivity index (χ2n) is 7.93. The van der Waals surface area contributed by atoms with Crippen LogP contribution < -0.4 is 5.32 Å². The number of hydrogen-bond acceptors (Lipinski definition) is 6. The standard InChI is InChI=1S/C24H28N6O.3ClH/c1-4-19(14-31)27-24-28-21(22-23(29-24)30(15-26-22)16(2)3)13-17-8-10-18(11-9-17)20-7-5-6-12-25-20;;;/h5-12,15-16,19,31H,4,13-14H2,1-3H3,(H,27,28,29);3*1H. The van der Waals surface area contributed by atoms with Gasteiger partial charge in [-0.05, 0) is 38.0 Å². The molecule has 0 saturated carbocycles. The van der Waals surface area contributed by atoms with E-state index in [4.69, 9.17) is 9.97 Å². The van der Waals surface area contributed by atoms with Crippen LogP contribution >= 0.6 is 37.2 Å². The van der Waals surface area contributed by atoms with Crippen LogP contribution in [0.2, 0.25) is 0 Å². The van der Waals surface area contributed by atoms with E-state index in [1.54, 1.807) is 6.20 Å². The van der Waals surface area contributed by atoms with Crippen LogP contribution in [0.15, 0.2) is 55.0 Å². The number of aromatic nitrogens is 5. The van der Waals surface area contributed by atoms with Gasteiger partial charge in [-0.15, -0.1) is 37.2 Å². The van der Waals surface area contributed by atoms with Gasteiger partial charge in [0.1, 0.15) is 5.52 Å². The molecular weight excluding hydrogens is 495 g/mol. The summed E-state index contributed by atoms with van der Waals surface area (Å²) in [6.07, 6.45) is 5.05. The van der Waals surface area contributed by atoms with Crippen LogP contribution in [-0.2, 0) is 6.42 Å². The number of imidazole rings is 1. The maximum absolute atomic E-state index is 9.59. The number of nitrogens with one attached hydrogen (secondary N) is 1. The van der Waals surface area contributed by atoms with Crippen molar-refractivity contribution >= 4 is 54.3 Å². The molecule has 184 valence electrons. The van der Waals surface area contributed by atoms with E-state index in [1.165, 1.54) is 0 Å². The second kappa shape index (κ2) is 13.4. The average molecular weight is 526 g/mol. The molecule has 1 atom stereocenters. The molecule has 0 radical (unpaired) electrons. The first-order valence-electron chi connectivity index (χ1n) is 10.7. The average Bonchev–Trinajstić information content (AvgIpc) is 3.23. The summed E-state index contributed by atoms with van der Waals surface area (Å²) in [5, 5.41) is 12.8. The molecule has 4 aromatic rings. The van der Waals surface area contributed by atoms with Crippen molar-refractivity contribution in [1.82, 2.24) is 24.5 Å². The Morgan fingerprint density at radius 1 is 0.971 bits per heavy atom. The van der Waals surface area contributed by atoms with Crippen molar-refractivity contribution in [1.29, 1.82) is 0 Å².